The highest BCUT2D eigenvalue weighted by molar-refractivity contribution is 7.99. The highest BCUT2D eigenvalue weighted by Gasteiger charge is 2.29. The zero-order valence-electron chi connectivity index (χ0n) is 12.6. The van der Waals surface area contributed by atoms with Gasteiger partial charge in [0, 0.05) is 17.9 Å². The van der Waals surface area contributed by atoms with Gasteiger partial charge in [-0.2, -0.15) is 11.8 Å². The maximum atomic E-state index is 9.16. The Kier molecular flexibility index (Phi) is 5.75. The van der Waals surface area contributed by atoms with E-state index >= 15 is 0 Å². The second-order valence-corrected chi connectivity index (χ2v) is 6.80. The molecule has 0 bridgehead atoms. The third-order valence-corrected chi connectivity index (χ3v) is 5.67. The van der Waals surface area contributed by atoms with Crippen LogP contribution < -0.4 is 10.1 Å². The second kappa shape index (κ2) is 7.34. The molecule has 0 radical (unpaired) electrons. The Labute approximate surface area is 126 Å². The Balaban J connectivity index is 2.11. The first-order valence-electron chi connectivity index (χ1n) is 7.26. The van der Waals surface area contributed by atoms with Gasteiger partial charge in [0.2, 0.25) is 0 Å². The van der Waals surface area contributed by atoms with Crippen LogP contribution in [0, 0.1) is 5.92 Å². The van der Waals surface area contributed by atoms with Crippen LogP contribution in [0.4, 0.5) is 0 Å². The molecule has 1 aromatic rings. The zero-order chi connectivity index (χ0) is 14.5. The van der Waals surface area contributed by atoms with E-state index in [-0.39, 0.29) is 6.61 Å². The number of nitrogens with one attached hydrogen (secondary N) is 1. The van der Waals surface area contributed by atoms with Crippen LogP contribution in [-0.2, 0) is 6.42 Å². The van der Waals surface area contributed by atoms with Crippen LogP contribution in [0.2, 0.25) is 0 Å². The van der Waals surface area contributed by atoms with Crippen molar-refractivity contribution in [3.8, 4) is 5.75 Å². The quantitative estimate of drug-likeness (QED) is 0.846. The maximum Gasteiger partial charge on any atom is 0.119 e. The van der Waals surface area contributed by atoms with Crippen LogP contribution in [0.1, 0.15) is 30.5 Å². The Bertz CT molecular complexity index is 438. The molecule has 20 heavy (non-hydrogen) atoms. The van der Waals surface area contributed by atoms with Gasteiger partial charge in [-0.1, -0.05) is 13.0 Å². The third-order valence-electron chi connectivity index (χ3n) is 3.97. The molecular formula is C16H25NO2S. The highest BCUT2D eigenvalue weighted by atomic mass is 32.2. The maximum absolute atomic E-state index is 9.16. The smallest absolute Gasteiger partial charge is 0.119 e. The Morgan fingerprint density at radius 1 is 1.50 bits per heavy atom. The molecule has 0 spiro atoms. The topological polar surface area (TPSA) is 41.5 Å². The van der Waals surface area contributed by atoms with Crippen molar-refractivity contribution < 1.29 is 9.84 Å². The van der Waals surface area contributed by atoms with E-state index in [0.29, 0.717) is 17.2 Å². The minimum absolute atomic E-state index is 0.276. The van der Waals surface area contributed by atoms with E-state index in [2.05, 4.69) is 24.4 Å². The van der Waals surface area contributed by atoms with Gasteiger partial charge < -0.3 is 15.2 Å². The average molecular weight is 295 g/mol. The van der Waals surface area contributed by atoms with Crippen LogP contribution >= 0.6 is 11.8 Å². The third kappa shape index (κ3) is 3.48. The van der Waals surface area contributed by atoms with E-state index in [0.717, 1.165) is 17.9 Å². The van der Waals surface area contributed by atoms with Crippen LogP contribution in [0.25, 0.3) is 0 Å². The van der Waals surface area contributed by atoms with Crippen LogP contribution in [0.5, 0.6) is 5.75 Å². The highest BCUT2D eigenvalue weighted by Crippen LogP contribution is 2.38. The molecule has 2 N–H and O–H groups in total. The molecule has 0 saturated heterocycles. The molecule has 112 valence electrons. The zero-order valence-corrected chi connectivity index (χ0v) is 13.4. The molecule has 1 aliphatic rings. The number of thioether (sulfide) groups is 1. The van der Waals surface area contributed by atoms with Gasteiger partial charge >= 0.3 is 0 Å². The van der Waals surface area contributed by atoms with Crippen LogP contribution in [-0.4, -0.2) is 36.9 Å². The lowest BCUT2D eigenvalue weighted by Crippen LogP contribution is -2.32. The summed E-state index contributed by atoms with van der Waals surface area (Å²) in [6, 6.07) is 6.79. The molecular weight excluding hydrogens is 270 g/mol. The molecule has 3 unspecified atom stereocenters. The summed E-state index contributed by atoms with van der Waals surface area (Å²) in [5.41, 5.74) is 2.80. The molecule has 0 aromatic heterocycles. The number of benzene rings is 1. The lowest BCUT2D eigenvalue weighted by atomic mass is 9.87. The van der Waals surface area contributed by atoms with Crippen LogP contribution in [0.15, 0.2) is 18.2 Å². The van der Waals surface area contributed by atoms with E-state index in [1.807, 2.05) is 24.9 Å². The summed E-state index contributed by atoms with van der Waals surface area (Å²) >= 11 is 1.98. The van der Waals surface area contributed by atoms with E-state index in [4.69, 9.17) is 9.84 Å². The van der Waals surface area contributed by atoms with Crippen molar-refractivity contribution in [2.45, 2.75) is 31.1 Å². The van der Waals surface area contributed by atoms with Gasteiger partial charge in [-0.05, 0) is 54.8 Å². The summed E-state index contributed by atoms with van der Waals surface area (Å²) in [5, 5.41) is 13.2. The van der Waals surface area contributed by atoms with Crippen molar-refractivity contribution >= 4 is 11.8 Å². The number of aliphatic hydroxyl groups is 1. The summed E-state index contributed by atoms with van der Waals surface area (Å²) in [4.78, 5) is 0. The second-order valence-electron chi connectivity index (χ2n) is 5.53. The molecule has 0 aliphatic heterocycles. The van der Waals surface area contributed by atoms with Gasteiger partial charge in [0.05, 0.1) is 7.11 Å². The van der Waals surface area contributed by atoms with Gasteiger partial charge in [0.25, 0.3) is 0 Å². The first-order chi connectivity index (χ1) is 9.69. The van der Waals surface area contributed by atoms with Crippen LogP contribution in [0.3, 0.4) is 0 Å². The average Bonchev–Trinajstić information content (AvgIpc) is 2.51. The molecule has 2 rings (SSSR count). The Morgan fingerprint density at radius 3 is 2.95 bits per heavy atom. The molecule has 3 nitrogen and oxygen atoms in total. The first-order valence-corrected chi connectivity index (χ1v) is 8.31. The first kappa shape index (κ1) is 15.7. The van der Waals surface area contributed by atoms with Gasteiger partial charge in [-0.25, -0.2) is 0 Å². The van der Waals surface area contributed by atoms with Crippen molar-refractivity contribution in [3.63, 3.8) is 0 Å². The molecule has 3 atom stereocenters. The predicted octanol–water partition coefficient (Wildman–Crippen LogP) is 2.63. The van der Waals surface area contributed by atoms with Crippen molar-refractivity contribution in [1.82, 2.24) is 5.32 Å². The summed E-state index contributed by atoms with van der Waals surface area (Å²) in [7, 11) is 3.75. The van der Waals surface area contributed by atoms with E-state index in [9.17, 15) is 0 Å². The van der Waals surface area contributed by atoms with Crippen molar-refractivity contribution in [2.24, 2.45) is 5.92 Å². The fourth-order valence-electron chi connectivity index (χ4n) is 2.76. The predicted molar refractivity (Wildman–Crippen MR) is 85.6 cm³/mol. The van der Waals surface area contributed by atoms with Crippen molar-refractivity contribution in [1.29, 1.82) is 0 Å². The number of aliphatic hydroxyl groups excluding tert-OH is 1. The Hall–Kier alpha value is -0.710. The fraction of sp³-hybridized carbons (Fsp3) is 0.625. The van der Waals surface area contributed by atoms with Gasteiger partial charge in [0.1, 0.15) is 5.75 Å². The number of rotatable bonds is 6. The molecule has 1 aliphatic carbocycles. The summed E-state index contributed by atoms with van der Waals surface area (Å²) in [6.45, 7) is 2.38. The molecule has 0 heterocycles. The molecule has 0 fully saturated rings. The van der Waals surface area contributed by atoms with E-state index in [1.165, 1.54) is 17.5 Å². The minimum Gasteiger partial charge on any atom is -0.497 e. The molecule has 4 heteroatoms. The van der Waals surface area contributed by atoms with E-state index < -0.39 is 0 Å². The lowest BCUT2D eigenvalue weighted by Gasteiger charge is -2.33. The summed E-state index contributed by atoms with van der Waals surface area (Å²) in [6.07, 6.45) is 2.28. The summed E-state index contributed by atoms with van der Waals surface area (Å²) in [5.74, 6) is 2.33. The molecule has 1 aromatic carbocycles. The van der Waals surface area contributed by atoms with Gasteiger partial charge in [0.15, 0.2) is 0 Å². The van der Waals surface area contributed by atoms with Gasteiger partial charge in [-0.3, -0.25) is 0 Å². The largest absolute Gasteiger partial charge is 0.497 e. The monoisotopic (exact) mass is 295 g/mol. The summed E-state index contributed by atoms with van der Waals surface area (Å²) < 4.78 is 5.32. The Morgan fingerprint density at radius 2 is 2.30 bits per heavy atom. The number of aryl methyl sites for hydroxylation is 1. The van der Waals surface area contributed by atoms with Gasteiger partial charge in [-0.15, -0.1) is 0 Å². The molecule has 0 amide bonds. The van der Waals surface area contributed by atoms with Crippen molar-refractivity contribution in [3.05, 3.63) is 29.3 Å². The number of hydrogen-bond acceptors (Lipinski definition) is 4. The fourth-order valence-corrected chi connectivity index (χ4v) is 4.20. The normalized spacial score (nSPS) is 23.2. The SMILES string of the molecule is CNC1c2ccc(OC)cc2CCC1SCC(C)CO. The number of fused-ring (bicyclic) bond motifs is 1. The number of hydrogen-bond donors (Lipinski definition) is 2. The van der Waals surface area contributed by atoms with Crippen molar-refractivity contribution in [2.75, 3.05) is 26.5 Å². The minimum atomic E-state index is 0.276. The standard InChI is InChI=1S/C16H25NO2S/c1-11(9-18)10-20-15-7-4-12-8-13(19-3)5-6-14(12)16(15)17-2/h5-6,8,11,15-18H,4,7,9-10H2,1-3H3. The number of ether oxygens (including phenoxy) is 1. The molecule has 0 saturated carbocycles. The van der Waals surface area contributed by atoms with E-state index in [1.54, 1.807) is 7.11 Å². The number of methoxy groups -OCH3 is 1. The lowest BCUT2D eigenvalue weighted by molar-refractivity contribution is 0.250.